The van der Waals surface area contributed by atoms with Crippen LogP contribution in [0.3, 0.4) is 0 Å². The number of carbonyl (C=O) groups excluding carboxylic acids is 1. The van der Waals surface area contributed by atoms with E-state index < -0.39 is 0 Å². The Morgan fingerprint density at radius 1 is 1.33 bits per heavy atom. The highest BCUT2D eigenvalue weighted by Gasteiger charge is 2.14. The van der Waals surface area contributed by atoms with Crippen molar-refractivity contribution < 1.29 is 14.3 Å². The number of hydrogen-bond acceptors (Lipinski definition) is 4. The van der Waals surface area contributed by atoms with Gasteiger partial charge in [-0.15, -0.1) is 0 Å². The van der Waals surface area contributed by atoms with E-state index in [4.69, 9.17) is 9.47 Å². The number of hydrogen-bond donors (Lipinski definition) is 1. The Balaban J connectivity index is 1.99. The van der Waals surface area contributed by atoms with E-state index in [0.717, 1.165) is 17.0 Å². The largest absolute Gasteiger partial charge is 0.497 e. The molecule has 0 saturated carbocycles. The van der Waals surface area contributed by atoms with E-state index in [9.17, 15) is 4.79 Å². The molecule has 7 heteroatoms. The third kappa shape index (κ3) is 4.48. The van der Waals surface area contributed by atoms with Gasteiger partial charge in [-0.05, 0) is 31.2 Å². The Morgan fingerprint density at radius 2 is 2.04 bits per heavy atom. The molecule has 0 unspecified atom stereocenters. The molecule has 2 aromatic rings. The SMILES string of the molecule is COCCN(C)C(=O)N[C@H](C)c1cnn(-c2ccc(OC)cc2)c1. The van der Waals surface area contributed by atoms with E-state index in [1.54, 1.807) is 37.0 Å². The van der Waals surface area contributed by atoms with Crippen molar-refractivity contribution in [3.63, 3.8) is 0 Å². The average molecular weight is 332 g/mol. The van der Waals surface area contributed by atoms with Crippen molar-refractivity contribution in [2.45, 2.75) is 13.0 Å². The number of methoxy groups -OCH3 is 2. The van der Waals surface area contributed by atoms with Gasteiger partial charge in [0.2, 0.25) is 0 Å². The van der Waals surface area contributed by atoms with Gasteiger partial charge in [-0.25, -0.2) is 9.48 Å². The summed E-state index contributed by atoms with van der Waals surface area (Å²) in [6, 6.07) is 7.33. The number of amides is 2. The topological polar surface area (TPSA) is 68.6 Å². The number of urea groups is 1. The first kappa shape index (κ1) is 17.8. The van der Waals surface area contributed by atoms with Gasteiger partial charge in [-0.3, -0.25) is 0 Å². The Kier molecular flexibility index (Phi) is 6.20. The number of ether oxygens (including phenoxy) is 2. The van der Waals surface area contributed by atoms with Gasteiger partial charge >= 0.3 is 6.03 Å². The van der Waals surface area contributed by atoms with E-state index in [2.05, 4.69) is 10.4 Å². The van der Waals surface area contributed by atoms with Crippen LogP contribution in [-0.2, 0) is 4.74 Å². The van der Waals surface area contributed by atoms with Gasteiger partial charge in [0.1, 0.15) is 5.75 Å². The fraction of sp³-hybridized carbons (Fsp3) is 0.412. The minimum atomic E-state index is -0.144. The normalized spacial score (nSPS) is 11.8. The number of nitrogens with one attached hydrogen (secondary N) is 1. The van der Waals surface area contributed by atoms with Gasteiger partial charge in [0, 0.05) is 32.5 Å². The van der Waals surface area contributed by atoms with Crippen molar-refractivity contribution in [1.29, 1.82) is 0 Å². The van der Waals surface area contributed by atoms with E-state index >= 15 is 0 Å². The van der Waals surface area contributed by atoms with Crippen LogP contribution in [0.4, 0.5) is 4.79 Å². The number of nitrogens with zero attached hydrogens (tertiary/aromatic N) is 3. The number of carbonyl (C=O) groups is 1. The summed E-state index contributed by atoms with van der Waals surface area (Å²) in [7, 11) is 4.98. The highest BCUT2D eigenvalue weighted by atomic mass is 16.5. The number of aromatic nitrogens is 2. The molecule has 1 N–H and O–H groups in total. The maximum absolute atomic E-state index is 12.1. The fourth-order valence-corrected chi connectivity index (χ4v) is 2.15. The maximum atomic E-state index is 12.1. The zero-order chi connectivity index (χ0) is 17.5. The van der Waals surface area contributed by atoms with Crippen molar-refractivity contribution in [3.05, 3.63) is 42.2 Å². The summed E-state index contributed by atoms with van der Waals surface area (Å²) in [6.45, 7) is 2.98. The van der Waals surface area contributed by atoms with Crippen LogP contribution in [-0.4, -0.2) is 55.1 Å². The van der Waals surface area contributed by atoms with Crippen LogP contribution in [0.25, 0.3) is 5.69 Å². The van der Waals surface area contributed by atoms with Gasteiger partial charge in [0.05, 0.1) is 31.6 Å². The smallest absolute Gasteiger partial charge is 0.317 e. The summed E-state index contributed by atoms with van der Waals surface area (Å²) in [5.74, 6) is 0.797. The second-order valence-corrected chi connectivity index (χ2v) is 5.50. The lowest BCUT2D eigenvalue weighted by Crippen LogP contribution is -2.40. The third-order valence-electron chi connectivity index (χ3n) is 3.76. The summed E-state index contributed by atoms with van der Waals surface area (Å²) in [5.41, 5.74) is 1.86. The van der Waals surface area contributed by atoms with Gasteiger partial charge in [0.25, 0.3) is 0 Å². The van der Waals surface area contributed by atoms with Gasteiger partial charge in [-0.2, -0.15) is 5.10 Å². The zero-order valence-electron chi connectivity index (χ0n) is 14.5. The first-order chi connectivity index (χ1) is 11.5. The Bertz CT molecular complexity index is 654. The molecule has 0 radical (unpaired) electrons. The average Bonchev–Trinajstić information content (AvgIpc) is 3.09. The number of benzene rings is 1. The molecule has 1 aromatic carbocycles. The summed E-state index contributed by atoms with van der Waals surface area (Å²) >= 11 is 0. The van der Waals surface area contributed by atoms with Crippen LogP contribution in [0, 0.1) is 0 Å². The second-order valence-electron chi connectivity index (χ2n) is 5.50. The van der Waals surface area contributed by atoms with Crippen LogP contribution in [0.1, 0.15) is 18.5 Å². The van der Waals surface area contributed by atoms with Crippen LogP contribution in [0.15, 0.2) is 36.7 Å². The molecule has 1 atom stereocenters. The Labute approximate surface area is 142 Å². The number of rotatable bonds is 7. The van der Waals surface area contributed by atoms with E-state index in [1.807, 2.05) is 37.4 Å². The summed E-state index contributed by atoms with van der Waals surface area (Å²) in [5, 5.41) is 7.30. The Hall–Kier alpha value is -2.54. The van der Waals surface area contributed by atoms with Crippen molar-refractivity contribution in [2.75, 3.05) is 34.4 Å². The molecule has 0 fully saturated rings. The van der Waals surface area contributed by atoms with Gasteiger partial charge < -0.3 is 19.7 Å². The summed E-state index contributed by atoms with van der Waals surface area (Å²) < 4.78 is 11.9. The van der Waals surface area contributed by atoms with Crippen LogP contribution in [0.2, 0.25) is 0 Å². The molecule has 0 bridgehead atoms. The standard InChI is InChI=1S/C17H24N4O3/c1-13(19-17(22)20(2)9-10-23-3)14-11-18-21(12-14)15-5-7-16(24-4)8-6-15/h5-8,11-13H,9-10H2,1-4H3,(H,19,22)/t13-/m1/s1. The lowest BCUT2D eigenvalue weighted by Gasteiger charge is -2.20. The molecule has 0 saturated heterocycles. The zero-order valence-corrected chi connectivity index (χ0v) is 14.5. The predicted octanol–water partition coefficient (Wildman–Crippen LogP) is 2.23. The minimum Gasteiger partial charge on any atom is -0.497 e. The maximum Gasteiger partial charge on any atom is 0.317 e. The molecule has 0 aliphatic rings. The molecule has 1 heterocycles. The molecule has 130 valence electrons. The molecular formula is C17H24N4O3. The van der Waals surface area contributed by atoms with Crippen molar-refractivity contribution in [3.8, 4) is 11.4 Å². The van der Waals surface area contributed by atoms with E-state index in [1.165, 1.54) is 0 Å². The molecule has 1 aromatic heterocycles. The lowest BCUT2D eigenvalue weighted by molar-refractivity contribution is 0.158. The monoisotopic (exact) mass is 332 g/mol. The van der Waals surface area contributed by atoms with Gasteiger partial charge in [0.15, 0.2) is 0 Å². The van der Waals surface area contributed by atoms with Crippen molar-refractivity contribution >= 4 is 6.03 Å². The Morgan fingerprint density at radius 3 is 2.67 bits per heavy atom. The number of likely N-dealkylation sites (N-methyl/N-ethyl adjacent to an activating group) is 1. The molecule has 0 aliphatic carbocycles. The van der Waals surface area contributed by atoms with E-state index in [-0.39, 0.29) is 12.1 Å². The summed E-state index contributed by atoms with van der Waals surface area (Å²) in [6.07, 6.45) is 3.66. The van der Waals surface area contributed by atoms with E-state index in [0.29, 0.717) is 13.2 Å². The minimum absolute atomic E-state index is 0.142. The quantitative estimate of drug-likeness (QED) is 0.844. The fourth-order valence-electron chi connectivity index (χ4n) is 2.15. The van der Waals surface area contributed by atoms with Crippen LogP contribution >= 0.6 is 0 Å². The molecule has 2 amide bonds. The first-order valence-electron chi connectivity index (χ1n) is 7.74. The molecule has 7 nitrogen and oxygen atoms in total. The highest BCUT2D eigenvalue weighted by molar-refractivity contribution is 5.74. The lowest BCUT2D eigenvalue weighted by atomic mass is 10.2. The second kappa shape index (κ2) is 8.35. The van der Waals surface area contributed by atoms with Crippen LogP contribution < -0.4 is 10.1 Å². The molecule has 24 heavy (non-hydrogen) atoms. The van der Waals surface area contributed by atoms with Crippen molar-refractivity contribution in [1.82, 2.24) is 20.0 Å². The first-order valence-corrected chi connectivity index (χ1v) is 7.74. The molecule has 2 rings (SSSR count). The van der Waals surface area contributed by atoms with Crippen molar-refractivity contribution in [2.24, 2.45) is 0 Å². The predicted molar refractivity (Wildman–Crippen MR) is 91.6 cm³/mol. The molecule has 0 spiro atoms. The molecule has 0 aliphatic heterocycles. The van der Waals surface area contributed by atoms with Gasteiger partial charge in [-0.1, -0.05) is 0 Å². The third-order valence-corrected chi connectivity index (χ3v) is 3.76. The highest BCUT2D eigenvalue weighted by Crippen LogP contribution is 2.17. The van der Waals surface area contributed by atoms with Crippen LogP contribution in [0.5, 0.6) is 5.75 Å². The molecular weight excluding hydrogens is 308 g/mol. The summed E-state index contributed by atoms with van der Waals surface area (Å²) in [4.78, 5) is 13.7.